The molecule has 0 aliphatic carbocycles. The number of nitrogens with two attached hydrogens (primary N) is 1. The van der Waals surface area contributed by atoms with Gasteiger partial charge in [-0.25, -0.2) is 4.39 Å². The van der Waals surface area contributed by atoms with E-state index in [4.69, 9.17) is 10.3 Å². The molecular formula is C10H8BrFN2O. The van der Waals surface area contributed by atoms with Crippen molar-refractivity contribution in [1.82, 2.24) is 5.16 Å². The fraction of sp³-hybridized carbons (Fsp3) is 0.100. The Bertz CT molecular complexity index is 487. The molecule has 2 aromatic rings. The molecule has 0 bridgehead atoms. The fourth-order valence-electron chi connectivity index (χ4n) is 1.27. The first-order valence-electron chi connectivity index (χ1n) is 4.25. The molecule has 1 aromatic heterocycles. The summed E-state index contributed by atoms with van der Waals surface area (Å²) in [5.41, 5.74) is 7.34. The van der Waals surface area contributed by atoms with Crippen LogP contribution in [0, 0.1) is 12.7 Å². The monoisotopic (exact) mass is 270 g/mol. The number of aromatic nitrogens is 1. The van der Waals surface area contributed by atoms with Crippen molar-refractivity contribution in [2.24, 2.45) is 0 Å². The minimum Gasteiger partial charge on any atom is -0.367 e. The molecule has 2 N–H and O–H groups in total. The van der Waals surface area contributed by atoms with Crippen LogP contribution in [0.5, 0.6) is 0 Å². The lowest BCUT2D eigenvalue weighted by Crippen LogP contribution is -1.89. The zero-order valence-corrected chi connectivity index (χ0v) is 9.51. The van der Waals surface area contributed by atoms with Crippen LogP contribution in [0.3, 0.4) is 0 Å². The number of anilines is 1. The average molecular weight is 271 g/mol. The summed E-state index contributed by atoms with van der Waals surface area (Å²) in [5, 5.41) is 3.54. The van der Waals surface area contributed by atoms with Crippen molar-refractivity contribution in [3.8, 4) is 11.1 Å². The molecule has 0 spiro atoms. The standard InChI is InChI=1S/C10H8BrFN2O/c1-5-8(11)2-6(3-9(5)12)7-4-14-15-10(7)13/h2-4H,13H2,1H3. The van der Waals surface area contributed by atoms with E-state index in [0.717, 1.165) is 0 Å². The van der Waals surface area contributed by atoms with Gasteiger partial charge in [-0.05, 0) is 30.2 Å². The SMILES string of the molecule is Cc1c(F)cc(-c2cnoc2N)cc1Br. The zero-order valence-electron chi connectivity index (χ0n) is 7.92. The van der Waals surface area contributed by atoms with Crippen molar-refractivity contribution in [1.29, 1.82) is 0 Å². The van der Waals surface area contributed by atoms with Crippen molar-refractivity contribution in [3.63, 3.8) is 0 Å². The topological polar surface area (TPSA) is 52.0 Å². The Kier molecular flexibility index (Phi) is 2.48. The van der Waals surface area contributed by atoms with Crippen LogP contribution in [-0.2, 0) is 0 Å². The van der Waals surface area contributed by atoms with Gasteiger partial charge >= 0.3 is 0 Å². The lowest BCUT2D eigenvalue weighted by atomic mass is 10.1. The van der Waals surface area contributed by atoms with E-state index < -0.39 is 0 Å². The van der Waals surface area contributed by atoms with E-state index in [1.54, 1.807) is 13.0 Å². The zero-order chi connectivity index (χ0) is 11.0. The summed E-state index contributed by atoms with van der Waals surface area (Å²) in [6.45, 7) is 1.69. The Morgan fingerprint density at radius 3 is 2.73 bits per heavy atom. The van der Waals surface area contributed by atoms with E-state index in [9.17, 15) is 4.39 Å². The molecule has 3 nitrogen and oxygen atoms in total. The van der Waals surface area contributed by atoms with Gasteiger partial charge in [-0.15, -0.1) is 0 Å². The minimum atomic E-state index is -0.292. The normalized spacial score (nSPS) is 10.6. The van der Waals surface area contributed by atoms with Gasteiger partial charge in [0.2, 0.25) is 5.88 Å². The molecule has 0 unspecified atom stereocenters. The van der Waals surface area contributed by atoms with Gasteiger partial charge < -0.3 is 10.3 Å². The van der Waals surface area contributed by atoms with E-state index in [1.807, 2.05) is 0 Å². The third kappa shape index (κ3) is 1.74. The number of hydrogen-bond acceptors (Lipinski definition) is 3. The molecule has 0 radical (unpaired) electrons. The molecule has 0 aliphatic heterocycles. The van der Waals surface area contributed by atoms with E-state index in [0.29, 0.717) is 21.2 Å². The summed E-state index contributed by atoms with van der Waals surface area (Å²) in [4.78, 5) is 0. The van der Waals surface area contributed by atoms with Crippen molar-refractivity contribution in [2.45, 2.75) is 6.92 Å². The van der Waals surface area contributed by atoms with Gasteiger partial charge in [0.1, 0.15) is 5.82 Å². The lowest BCUT2D eigenvalue weighted by Gasteiger charge is -2.03. The van der Waals surface area contributed by atoms with Gasteiger partial charge in [0, 0.05) is 4.47 Å². The molecule has 0 atom stereocenters. The molecule has 1 aromatic carbocycles. The summed E-state index contributed by atoms with van der Waals surface area (Å²) < 4.78 is 18.9. The quantitative estimate of drug-likeness (QED) is 0.866. The van der Waals surface area contributed by atoms with E-state index in [-0.39, 0.29) is 11.7 Å². The molecule has 0 fully saturated rings. The largest absolute Gasteiger partial charge is 0.367 e. The molecule has 0 saturated heterocycles. The Balaban J connectivity index is 2.60. The Morgan fingerprint density at radius 2 is 2.20 bits per heavy atom. The summed E-state index contributed by atoms with van der Waals surface area (Å²) in [5.74, 6) is -0.106. The molecule has 78 valence electrons. The van der Waals surface area contributed by atoms with Gasteiger partial charge in [0.05, 0.1) is 11.8 Å². The van der Waals surface area contributed by atoms with Crippen LogP contribution in [0.2, 0.25) is 0 Å². The second-order valence-corrected chi connectivity index (χ2v) is 4.02. The van der Waals surface area contributed by atoms with Gasteiger partial charge in [-0.2, -0.15) is 0 Å². The average Bonchev–Trinajstić information content (AvgIpc) is 2.60. The van der Waals surface area contributed by atoms with Gasteiger partial charge in [-0.3, -0.25) is 0 Å². The second kappa shape index (κ2) is 3.66. The highest BCUT2D eigenvalue weighted by Crippen LogP contribution is 2.30. The van der Waals surface area contributed by atoms with Crippen LogP contribution in [0.25, 0.3) is 11.1 Å². The third-order valence-electron chi connectivity index (χ3n) is 2.19. The maximum Gasteiger partial charge on any atom is 0.229 e. The van der Waals surface area contributed by atoms with Crippen LogP contribution in [0.4, 0.5) is 10.3 Å². The molecule has 15 heavy (non-hydrogen) atoms. The van der Waals surface area contributed by atoms with Crippen molar-refractivity contribution < 1.29 is 8.91 Å². The highest BCUT2D eigenvalue weighted by molar-refractivity contribution is 9.10. The third-order valence-corrected chi connectivity index (χ3v) is 3.01. The Labute approximate surface area is 94.2 Å². The number of halogens is 2. The summed E-state index contributed by atoms with van der Waals surface area (Å²) >= 11 is 3.28. The summed E-state index contributed by atoms with van der Waals surface area (Å²) in [6, 6.07) is 3.18. The maximum absolute atomic E-state index is 13.4. The number of hydrogen-bond donors (Lipinski definition) is 1. The van der Waals surface area contributed by atoms with Crippen molar-refractivity contribution in [3.05, 3.63) is 34.2 Å². The van der Waals surface area contributed by atoms with Crippen LogP contribution in [-0.4, -0.2) is 5.16 Å². The number of benzene rings is 1. The molecule has 0 aliphatic rings. The first-order chi connectivity index (χ1) is 7.09. The summed E-state index contributed by atoms with van der Waals surface area (Å²) in [6.07, 6.45) is 1.46. The van der Waals surface area contributed by atoms with Gasteiger partial charge in [0.15, 0.2) is 0 Å². The molecular weight excluding hydrogens is 263 g/mol. The van der Waals surface area contributed by atoms with Crippen LogP contribution >= 0.6 is 15.9 Å². The second-order valence-electron chi connectivity index (χ2n) is 3.17. The highest BCUT2D eigenvalue weighted by atomic mass is 79.9. The minimum absolute atomic E-state index is 0.185. The van der Waals surface area contributed by atoms with Gasteiger partial charge in [0.25, 0.3) is 0 Å². The van der Waals surface area contributed by atoms with Crippen LogP contribution in [0.15, 0.2) is 27.3 Å². The number of rotatable bonds is 1. The predicted octanol–water partition coefficient (Wildman–Crippen LogP) is 3.13. The lowest BCUT2D eigenvalue weighted by molar-refractivity contribution is 0.436. The number of nitrogens with zero attached hydrogens (tertiary/aromatic N) is 1. The summed E-state index contributed by atoms with van der Waals surface area (Å²) in [7, 11) is 0. The first-order valence-corrected chi connectivity index (χ1v) is 5.05. The predicted molar refractivity (Wildman–Crippen MR) is 58.7 cm³/mol. The van der Waals surface area contributed by atoms with E-state index in [2.05, 4.69) is 21.1 Å². The molecule has 1 heterocycles. The highest BCUT2D eigenvalue weighted by Gasteiger charge is 2.11. The van der Waals surface area contributed by atoms with E-state index in [1.165, 1.54) is 12.3 Å². The smallest absolute Gasteiger partial charge is 0.229 e. The molecule has 0 saturated carbocycles. The van der Waals surface area contributed by atoms with Crippen molar-refractivity contribution >= 4 is 21.8 Å². The fourth-order valence-corrected chi connectivity index (χ4v) is 1.70. The Morgan fingerprint density at radius 1 is 1.47 bits per heavy atom. The molecule has 2 rings (SSSR count). The van der Waals surface area contributed by atoms with Crippen molar-refractivity contribution in [2.75, 3.05) is 5.73 Å². The van der Waals surface area contributed by atoms with Gasteiger partial charge in [-0.1, -0.05) is 21.1 Å². The molecule has 0 amide bonds. The van der Waals surface area contributed by atoms with Crippen LogP contribution in [0.1, 0.15) is 5.56 Å². The Hall–Kier alpha value is -1.36. The first kappa shape index (κ1) is 10.2. The van der Waals surface area contributed by atoms with Crippen LogP contribution < -0.4 is 5.73 Å². The maximum atomic E-state index is 13.4. The van der Waals surface area contributed by atoms with E-state index >= 15 is 0 Å². The number of nitrogen functional groups attached to an aromatic ring is 1. The molecule has 5 heteroatoms.